The minimum Gasteiger partial charge on any atom is -0.374 e. The van der Waals surface area contributed by atoms with Crippen LogP contribution in [-0.2, 0) is 0 Å². The van der Waals surface area contributed by atoms with Gasteiger partial charge in [0.15, 0.2) is 0 Å². The van der Waals surface area contributed by atoms with Crippen molar-refractivity contribution in [2.24, 2.45) is 5.92 Å². The molecule has 1 aliphatic rings. The molecule has 0 spiro atoms. The van der Waals surface area contributed by atoms with Gasteiger partial charge in [0.25, 0.3) is 0 Å². The molecule has 5 nitrogen and oxygen atoms in total. The van der Waals surface area contributed by atoms with E-state index < -0.39 is 28.6 Å². The molecule has 2 rings (SSSR count). The van der Waals surface area contributed by atoms with Crippen molar-refractivity contribution in [1.29, 1.82) is 0 Å². The molecular weight excluding hydrogens is 313 g/mol. The molecule has 2 N–H and O–H groups in total. The third kappa shape index (κ3) is 4.90. The van der Waals surface area contributed by atoms with Crippen molar-refractivity contribution in [3.63, 3.8) is 0 Å². The summed E-state index contributed by atoms with van der Waals surface area (Å²) in [5.74, 6) is -3.35. The van der Waals surface area contributed by atoms with Gasteiger partial charge in [-0.3, -0.25) is 15.4 Å². The van der Waals surface area contributed by atoms with E-state index >= 15 is 0 Å². The maximum Gasteiger partial charge on any atom is 0.305 e. The lowest BCUT2D eigenvalue weighted by atomic mass is 9.85. The molecular formula is C15H19F3N2O3. The second-order valence-electron chi connectivity index (χ2n) is 5.91. The quantitative estimate of drug-likeness (QED) is 0.475. The fourth-order valence-electron chi connectivity index (χ4n) is 2.77. The fourth-order valence-corrected chi connectivity index (χ4v) is 2.77. The predicted octanol–water partition coefficient (Wildman–Crippen LogP) is 3.53. The van der Waals surface area contributed by atoms with Crippen LogP contribution in [-0.4, -0.2) is 22.5 Å². The standard InChI is InChI=1S/C15H19F3N2O3/c16-12-2-1-11(9-13(12)20(22)23)14(21)19-8-5-10-3-6-15(17,18)7-4-10/h1-2,9-10,14,19,21H,3-8H2. The maximum atomic E-state index is 13.2. The van der Waals surface area contributed by atoms with E-state index in [9.17, 15) is 28.4 Å². The van der Waals surface area contributed by atoms with Gasteiger partial charge in [-0.2, -0.15) is 4.39 Å². The molecule has 0 aliphatic heterocycles. The third-order valence-corrected chi connectivity index (χ3v) is 4.21. The van der Waals surface area contributed by atoms with Gasteiger partial charge in [-0.1, -0.05) is 6.07 Å². The summed E-state index contributed by atoms with van der Waals surface area (Å²) in [5.41, 5.74) is -0.508. The number of aliphatic hydroxyl groups excluding tert-OH is 1. The minimum atomic E-state index is -2.56. The van der Waals surface area contributed by atoms with Crippen LogP contribution < -0.4 is 5.32 Å². The Morgan fingerprint density at radius 3 is 2.65 bits per heavy atom. The third-order valence-electron chi connectivity index (χ3n) is 4.21. The van der Waals surface area contributed by atoms with Crippen molar-refractivity contribution >= 4 is 5.69 Å². The summed E-state index contributed by atoms with van der Waals surface area (Å²) >= 11 is 0. The molecule has 0 bridgehead atoms. The first-order valence-electron chi connectivity index (χ1n) is 7.51. The Morgan fingerprint density at radius 2 is 2.04 bits per heavy atom. The second kappa shape index (κ2) is 7.27. The fraction of sp³-hybridized carbons (Fsp3) is 0.600. The minimum absolute atomic E-state index is 0.107. The molecule has 0 heterocycles. The average molecular weight is 332 g/mol. The second-order valence-corrected chi connectivity index (χ2v) is 5.91. The number of aliphatic hydroxyl groups is 1. The topological polar surface area (TPSA) is 75.4 Å². The molecule has 0 aromatic heterocycles. The highest BCUT2D eigenvalue weighted by Gasteiger charge is 2.34. The number of nitro groups is 1. The monoisotopic (exact) mass is 332 g/mol. The van der Waals surface area contributed by atoms with E-state index in [0.717, 1.165) is 12.1 Å². The summed E-state index contributed by atoms with van der Waals surface area (Å²) in [7, 11) is 0. The first kappa shape index (κ1) is 17.7. The van der Waals surface area contributed by atoms with Crippen LogP contribution in [0.1, 0.15) is 43.9 Å². The summed E-state index contributed by atoms with van der Waals surface area (Å²) in [4.78, 5) is 9.82. The number of rotatable bonds is 6. The van der Waals surface area contributed by atoms with E-state index in [0.29, 0.717) is 25.8 Å². The number of alkyl halides is 2. The highest BCUT2D eigenvalue weighted by Crippen LogP contribution is 2.37. The first-order chi connectivity index (χ1) is 10.8. The van der Waals surface area contributed by atoms with Crippen LogP contribution in [0.3, 0.4) is 0 Å². The summed E-state index contributed by atoms with van der Waals surface area (Å²) in [6, 6.07) is 3.18. The Balaban J connectivity index is 1.82. The molecule has 0 amide bonds. The molecule has 1 fully saturated rings. The van der Waals surface area contributed by atoms with E-state index in [-0.39, 0.29) is 24.3 Å². The summed E-state index contributed by atoms with van der Waals surface area (Å²) in [6.07, 6.45) is 0.157. The van der Waals surface area contributed by atoms with Crippen LogP contribution in [0.25, 0.3) is 0 Å². The lowest BCUT2D eigenvalue weighted by Gasteiger charge is -2.28. The van der Waals surface area contributed by atoms with Gasteiger partial charge >= 0.3 is 5.69 Å². The van der Waals surface area contributed by atoms with Crippen LogP contribution in [0.15, 0.2) is 18.2 Å². The molecule has 1 atom stereocenters. The number of nitrogens with zero attached hydrogens (tertiary/aromatic N) is 1. The Labute approximate surface area is 131 Å². The van der Waals surface area contributed by atoms with Crippen molar-refractivity contribution < 1.29 is 23.2 Å². The molecule has 1 unspecified atom stereocenters. The zero-order valence-electron chi connectivity index (χ0n) is 12.5. The van der Waals surface area contributed by atoms with Gasteiger partial charge in [-0.15, -0.1) is 0 Å². The number of hydrogen-bond donors (Lipinski definition) is 2. The van der Waals surface area contributed by atoms with Crippen molar-refractivity contribution in [1.82, 2.24) is 5.32 Å². The lowest BCUT2D eigenvalue weighted by molar-refractivity contribution is -0.387. The zero-order valence-corrected chi connectivity index (χ0v) is 12.5. The Kier molecular flexibility index (Phi) is 5.59. The zero-order chi connectivity index (χ0) is 17.0. The van der Waals surface area contributed by atoms with E-state index in [1.807, 2.05) is 0 Å². The van der Waals surface area contributed by atoms with Crippen LogP contribution >= 0.6 is 0 Å². The molecule has 8 heteroatoms. The lowest BCUT2D eigenvalue weighted by Crippen LogP contribution is -2.28. The largest absolute Gasteiger partial charge is 0.374 e. The summed E-state index contributed by atoms with van der Waals surface area (Å²) in [6.45, 7) is 0.391. The number of nitro benzene ring substituents is 1. The highest BCUT2D eigenvalue weighted by atomic mass is 19.3. The molecule has 1 aliphatic carbocycles. The molecule has 1 saturated carbocycles. The molecule has 1 aromatic rings. The number of halogens is 3. The first-order valence-corrected chi connectivity index (χ1v) is 7.51. The van der Waals surface area contributed by atoms with Gasteiger partial charge in [0.2, 0.25) is 11.7 Å². The van der Waals surface area contributed by atoms with Gasteiger partial charge in [-0.25, -0.2) is 8.78 Å². The Bertz CT molecular complexity index is 559. The number of hydrogen-bond acceptors (Lipinski definition) is 4. The van der Waals surface area contributed by atoms with Crippen LogP contribution in [0.2, 0.25) is 0 Å². The SMILES string of the molecule is O=[N+]([O-])c1cc(C(O)NCCC2CCC(F)(F)CC2)ccc1F. The van der Waals surface area contributed by atoms with E-state index in [1.54, 1.807) is 0 Å². The van der Waals surface area contributed by atoms with E-state index in [2.05, 4.69) is 5.32 Å². The van der Waals surface area contributed by atoms with E-state index in [1.165, 1.54) is 6.07 Å². The molecule has 128 valence electrons. The van der Waals surface area contributed by atoms with Crippen molar-refractivity contribution in [2.45, 2.75) is 44.3 Å². The predicted molar refractivity (Wildman–Crippen MR) is 77.5 cm³/mol. The molecule has 0 radical (unpaired) electrons. The molecule has 1 aromatic carbocycles. The van der Waals surface area contributed by atoms with Crippen LogP contribution in [0, 0.1) is 21.8 Å². The number of benzene rings is 1. The smallest absolute Gasteiger partial charge is 0.305 e. The van der Waals surface area contributed by atoms with Gasteiger partial charge < -0.3 is 5.11 Å². The normalized spacial score (nSPS) is 19.5. The van der Waals surface area contributed by atoms with E-state index in [4.69, 9.17) is 0 Å². The Hall–Kier alpha value is -1.67. The van der Waals surface area contributed by atoms with Crippen LogP contribution in [0.4, 0.5) is 18.9 Å². The Morgan fingerprint density at radius 1 is 1.39 bits per heavy atom. The van der Waals surface area contributed by atoms with Gasteiger partial charge in [0.05, 0.1) is 4.92 Å². The van der Waals surface area contributed by atoms with Gasteiger partial charge in [0, 0.05) is 24.5 Å². The number of nitrogens with one attached hydrogen (secondary N) is 1. The average Bonchev–Trinajstić information content (AvgIpc) is 2.49. The van der Waals surface area contributed by atoms with Gasteiger partial charge in [0.1, 0.15) is 6.23 Å². The van der Waals surface area contributed by atoms with Crippen molar-refractivity contribution in [3.8, 4) is 0 Å². The van der Waals surface area contributed by atoms with Crippen molar-refractivity contribution in [2.75, 3.05) is 6.54 Å². The molecule has 23 heavy (non-hydrogen) atoms. The summed E-state index contributed by atoms with van der Waals surface area (Å²) < 4.78 is 39.3. The molecule has 0 saturated heterocycles. The summed E-state index contributed by atoms with van der Waals surface area (Å²) in [5, 5.41) is 23.4. The van der Waals surface area contributed by atoms with Crippen LogP contribution in [0.5, 0.6) is 0 Å². The van der Waals surface area contributed by atoms with Gasteiger partial charge in [-0.05, 0) is 37.8 Å². The van der Waals surface area contributed by atoms with Crippen molar-refractivity contribution in [3.05, 3.63) is 39.7 Å². The highest BCUT2D eigenvalue weighted by molar-refractivity contribution is 5.36. The maximum absolute atomic E-state index is 13.2.